The van der Waals surface area contributed by atoms with Gasteiger partial charge in [-0.25, -0.2) is 4.98 Å². The number of imidazole rings is 1. The fourth-order valence-electron chi connectivity index (χ4n) is 2.80. The molecule has 1 fully saturated rings. The van der Waals surface area contributed by atoms with E-state index < -0.39 is 0 Å². The van der Waals surface area contributed by atoms with Gasteiger partial charge in [0.2, 0.25) is 0 Å². The van der Waals surface area contributed by atoms with E-state index in [0.29, 0.717) is 18.1 Å². The number of ether oxygens (including phenoxy) is 1. The van der Waals surface area contributed by atoms with E-state index in [1.54, 1.807) is 0 Å². The Bertz CT molecular complexity index is 350. The van der Waals surface area contributed by atoms with Crippen molar-refractivity contribution in [2.45, 2.75) is 38.8 Å². The normalized spacial score (nSPS) is 26.3. The first-order valence-electron chi connectivity index (χ1n) is 6.60. The van der Waals surface area contributed by atoms with Gasteiger partial charge in [0.25, 0.3) is 0 Å². The number of aromatic nitrogens is 2. The summed E-state index contributed by atoms with van der Waals surface area (Å²) in [6.45, 7) is 6.19. The van der Waals surface area contributed by atoms with Crippen molar-refractivity contribution >= 4 is 0 Å². The summed E-state index contributed by atoms with van der Waals surface area (Å²) in [6.07, 6.45) is 6.46. The molecule has 2 heterocycles. The van der Waals surface area contributed by atoms with Crippen molar-refractivity contribution in [2.24, 2.45) is 13.0 Å². The molecule has 0 spiro atoms. The van der Waals surface area contributed by atoms with Gasteiger partial charge in [0, 0.05) is 32.0 Å². The van der Waals surface area contributed by atoms with E-state index in [1.165, 1.54) is 0 Å². The molecule has 3 unspecified atom stereocenters. The van der Waals surface area contributed by atoms with Crippen molar-refractivity contribution in [1.29, 1.82) is 0 Å². The Morgan fingerprint density at radius 3 is 3.00 bits per heavy atom. The van der Waals surface area contributed by atoms with Crippen LogP contribution >= 0.6 is 0 Å². The summed E-state index contributed by atoms with van der Waals surface area (Å²) >= 11 is 0. The summed E-state index contributed by atoms with van der Waals surface area (Å²) in [6, 6.07) is 0.312. The Morgan fingerprint density at radius 1 is 1.59 bits per heavy atom. The number of nitrogens with zero attached hydrogens (tertiary/aromatic N) is 2. The van der Waals surface area contributed by atoms with Gasteiger partial charge in [-0.2, -0.15) is 0 Å². The molecular weight excluding hydrogens is 214 g/mol. The van der Waals surface area contributed by atoms with Gasteiger partial charge in [0.1, 0.15) is 5.82 Å². The van der Waals surface area contributed by atoms with Crippen molar-refractivity contribution in [3.05, 3.63) is 18.2 Å². The maximum Gasteiger partial charge on any atom is 0.125 e. The molecular formula is C13H23N3O. The number of rotatable bonds is 5. The quantitative estimate of drug-likeness (QED) is 0.850. The lowest BCUT2D eigenvalue weighted by molar-refractivity contribution is 0.0763. The molecule has 0 aliphatic carbocycles. The van der Waals surface area contributed by atoms with Crippen LogP contribution in [0.2, 0.25) is 0 Å². The van der Waals surface area contributed by atoms with Crippen molar-refractivity contribution in [2.75, 3.05) is 13.2 Å². The fraction of sp³-hybridized carbons (Fsp3) is 0.769. The Kier molecular flexibility index (Phi) is 4.18. The average molecular weight is 237 g/mol. The van der Waals surface area contributed by atoms with Crippen molar-refractivity contribution < 1.29 is 4.74 Å². The minimum atomic E-state index is 0.312. The summed E-state index contributed by atoms with van der Waals surface area (Å²) in [5, 5.41) is 3.57. The number of nitrogens with one attached hydrogen (secondary N) is 1. The Balaban J connectivity index is 2.20. The van der Waals surface area contributed by atoms with Crippen LogP contribution in [-0.2, 0) is 11.8 Å². The Hall–Kier alpha value is -0.870. The van der Waals surface area contributed by atoms with Crippen molar-refractivity contribution in [1.82, 2.24) is 14.9 Å². The molecule has 17 heavy (non-hydrogen) atoms. The number of hydrogen-bond acceptors (Lipinski definition) is 3. The fourth-order valence-corrected chi connectivity index (χ4v) is 2.80. The van der Waals surface area contributed by atoms with Gasteiger partial charge in [-0.3, -0.25) is 0 Å². The smallest absolute Gasteiger partial charge is 0.125 e. The highest BCUT2D eigenvalue weighted by Crippen LogP contribution is 2.33. The van der Waals surface area contributed by atoms with E-state index in [2.05, 4.69) is 35.8 Å². The molecule has 1 aromatic heterocycles. The van der Waals surface area contributed by atoms with E-state index in [4.69, 9.17) is 4.74 Å². The highest BCUT2D eigenvalue weighted by Gasteiger charge is 2.35. The highest BCUT2D eigenvalue weighted by molar-refractivity contribution is 5.03. The second-order valence-electron chi connectivity index (χ2n) is 4.70. The van der Waals surface area contributed by atoms with Gasteiger partial charge < -0.3 is 14.6 Å². The molecule has 2 rings (SSSR count). The van der Waals surface area contributed by atoms with E-state index in [0.717, 1.165) is 31.8 Å². The maximum atomic E-state index is 5.80. The predicted octanol–water partition coefficient (Wildman–Crippen LogP) is 1.89. The Labute approximate surface area is 103 Å². The molecule has 3 atom stereocenters. The standard InChI is InChI=1S/C13H23N3O/c1-4-11-10(6-9-17-11)12(14-5-2)13-15-7-8-16(13)3/h7-8,10-12,14H,4-6,9H2,1-3H3. The van der Waals surface area contributed by atoms with E-state index in [1.807, 2.05) is 12.4 Å². The van der Waals surface area contributed by atoms with E-state index in [9.17, 15) is 0 Å². The molecule has 0 radical (unpaired) electrons. The molecule has 1 aromatic rings. The van der Waals surface area contributed by atoms with Gasteiger partial charge >= 0.3 is 0 Å². The molecule has 1 aliphatic heterocycles. The van der Waals surface area contributed by atoms with Crippen molar-refractivity contribution in [3.63, 3.8) is 0 Å². The zero-order chi connectivity index (χ0) is 12.3. The van der Waals surface area contributed by atoms with Gasteiger partial charge in [-0.15, -0.1) is 0 Å². The molecule has 0 saturated carbocycles. The van der Waals surface area contributed by atoms with Crippen LogP contribution in [0, 0.1) is 5.92 Å². The predicted molar refractivity (Wildman–Crippen MR) is 67.8 cm³/mol. The summed E-state index contributed by atoms with van der Waals surface area (Å²) in [5.41, 5.74) is 0. The molecule has 1 aliphatic rings. The largest absolute Gasteiger partial charge is 0.378 e. The number of aryl methyl sites for hydroxylation is 1. The first-order valence-corrected chi connectivity index (χ1v) is 6.60. The molecule has 0 bridgehead atoms. The van der Waals surface area contributed by atoms with E-state index in [-0.39, 0.29) is 0 Å². The lowest BCUT2D eigenvalue weighted by Crippen LogP contribution is -2.34. The molecule has 1 saturated heterocycles. The summed E-state index contributed by atoms with van der Waals surface area (Å²) < 4.78 is 7.91. The highest BCUT2D eigenvalue weighted by atomic mass is 16.5. The number of hydrogen-bond donors (Lipinski definition) is 1. The summed E-state index contributed by atoms with van der Waals surface area (Å²) in [7, 11) is 2.06. The van der Waals surface area contributed by atoms with Crippen LogP contribution < -0.4 is 5.32 Å². The molecule has 96 valence electrons. The minimum Gasteiger partial charge on any atom is -0.378 e. The second kappa shape index (κ2) is 5.65. The topological polar surface area (TPSA) is 39.1 Å². The zero-order valence-corrected chi connectivity index (χ0v) is 11.0. The first-order chi connectivity index (χ1) is 8.27. The molecule has 0 amide bonds. The monoisotopic (exact) mass is 237 g/mol. The molecule has 0 aromatic carbocycles. The van der Waals surface area contributed by atoms with Crippen LogP contribution in [0.5, 0.6) is 0 Å². The van der Waals surface area contributed by atoms with Crippen molar-refractivity contribution in [3.8, 4) is 0 Å². The van der Waals surface area contributed by atoms with Crippen LogP contribution in [0.3, 0.4) is 0 Å². The minimum absolute atomic E-state index is 0.312. The zero-order valence-electron chi connectivity index (χ0n) is 11.0. The first kappa shape index (κ1) is 12.6. The van der Waals surface area contributed by atoms with Crippen LogP contribution in [0.1, 0.15) is 38.6 Å². The van der Waals surface area contributed by atoms with Gasteiger partial charge in [-0.1, -0.05) is 13.8 Å². The SMILES string of the molecule is CCNC(c1nccn1C)C1CCOC1CC. The lowest BCUT2D eigenvalue weighted by Gasteiger charge is -2.27. The van der Waals surface area contributed by atoms with Crippen LogP contribution in [0.25, 0.3) is 0 Å². The molecule has 1 N–H and O–H groups in total. The average Bonchev–Trinajstić information content (AvgIpc) is 2.94. The Morgan fingerprint density at radius 2 is 2.41 bits per heavy atom. The molecule has 4 heteroatoms. The van der Waals surface area contributed by atoms with Gasteiger partial charge in [-0.05, 0) is 19.4 Å². The lowest BCUT2D eigenvalue weighted by atomic mass is 9.90. The third-order valence-corrected chi connectivity index (χ3v) is 3.65. The summed E-state index contributed by atoms with van der Waals surface area (Å²) in [5.74, 6) is 1.67. The van der Waals surface area contributed by atoms with Crippen LogP contribution in [-0.4, -0.2) is 28.8 Å². The van der Waals surface area contributed by atoms with Gasteiger partial charge in [0.15, 0.2) is 0 Å². The molecule has 4 nitrogen and oxygen atoms in total. The third-order valence-electron chi connectivity index (χ3n) is 3.65. The maximum absolute atomic E-state index is 5.80. The third kappa shape index (κ3) is 2.53. The van der Waals surface area contributed by atoms with Gasteiger partial charge in [0.05, 0.1) is 12.1 Å². The second-order valence-corrected chi connectivity index (χ2v) is 4.70. The summed E-state index contributed by atoms with van der Waals surface area (Å²) in [4.78, 5) is 4.49. The van der Waals surface area contributed by atoms with Crippen LogP contribution in [0.15, 0.2) is 12.4 Å². The van der Waals surface area contributed by atoms with Crippen LogP contribution in [0.4, 0.5) is 0 Å². The van der Waals surface area contributed by atoms with E-state index >= 15 is 0 Å².